The van der Waals surface area contributed by atoms with Gasteiger partial charge in [0.25, 0.3) is 5.71 Å². The maximum atomic E-state index is 12.9. The standard InChI is InChI=1S/C17H21N5O4S/c1-3-14-13-7-12(8-19-17(13)26-20-14)27(23,24)21-11-4-5-25-16(6-11)15-9-18-10-22(15)2/h7-11,16,21H,3-6H2,1-2H3/t11-,16-/m1/s1. The molecule has 3 aromatic rings. The summed E-state index contributed by atoms with van der Waals surface area (Å²) in [5, 5.41) is 4.55. The van der Waals surface area contributed by atoms with Gasteiger partial charge in [-0.2, -0.15) is 0 Å². The van der Waals surface area contributed by atoms with E-state index in [2.05, 4.69) is 19.8 Å². The first-order chi connectivity index (χ1) is 13.0. The number of rotatable bonds is 5. The molecule has 27 heavy (non-hydrogen) atoms. The molecule has 0 amide bonds. The second kappa shape index (κ2) is 7.02. The van der Waals surface area contributed by atoms with Gasteiger partial charge < -0.3 is 13.8 Å². The van der Waals surface area contributed by atoms with Crippen LogP contribution in [-0.4, -0.2) is 40.8 Å². The van der Waals surface area contributed by atoms with Gasteiger partial charge in [0.05, 0.1) is 35.5 Å². The molecule has 144 valence electrons. The molecule has 4 rings (SSSR count). The Hall–Kier alpha value is -2.30. The highest BCUT2D eigenvalue weighted by atomic mass is 32.2. The molecule has 10 heteroatoms. The third kappa shape index (κ3) is 3.47. The zero-order chi connectivity index (χ0) is 19.0. The Bertz CT molecular complexity index is 1060. The fraction of sp³-hybridized carbons (Fsp3) is 0.471. The van der Waals surface area contributed by atoms with E-state index in [0.717, 1.165) is 5.69 Å². The summed E-state index contributed by atoms with van der Waals surface area (Å²) in [6.07, 6.45) is 6.35. The summed E-state index contributed by atoms with van der Waals surface area (Å²) in [6.45, 7) is 2.41. The number of sulfonamides is 1. The average Bonchev–Trinajstić information content (AvgIpc) is 3.26. The molecule has 0 aliphatic carbocycles. The smallest absolute Gasteiger partial charge is 0.258 e. The van der Waals surface area contributed by atoms with E-state index in [9.17, 15) is 8.42 Å². The van der Waals surface area contributed by atoms with E-state index in [1.54, 1.807) is 18.6 Å². The maximum Gasteiger partial charge on any atom is 0.258 e. The summed E-state index contributed by atoms with van der Waals surface area (Å²) in [4.78, 5) is 8.31. The second-order valence-electron chi connectivity index (χ2n) is 6.64. The molecule has 0 aromatic carbocycles. The van der Waals surface area contributed by atoms with E-state index in [0.29, 0.717) is 42.7 Å². The van der Waals surface area contributed by atoms with Gasteiger partial charge in [-0.05, 0) is 25.3 Å². The van der Waals surface area contributed by atoms with Crippen LogP contribution in [0.4, 0.5) is 0 Å². The van der Waals surface area contributed by atoms with Crippen molar-refractivity contribution in [2.24, 2.45) is 7.05 Å². The minimum Gasteiger partial charge on any atom is -0.372 e. The van der Waals surface area contributed by atoms with Crippen LogP contribution < -0.4 is 4.72 Å². The highest BCUT2D eigenvalue weighted by molar-refractivity contribution is 7.89. The van der Waals surface area contributed by atoms with E-state index in [1.165, 1.54) is 6.20 Å². The van der Waals surface area contributed by atoms with Gasteiger partial charge in [0, 0.05) is 19.7 Å². The molecule has 0 radical (unpaired) electrons. The molecule has 3 aromatic heterocycles. The van der Waals surface area contributed by atoms with Crippen molar-refractivity contribution < 1.29 is 17.7 Å². The van der Waals surface area contributed by atoms with Gasteiger partial charge in [-0.1, -0.05) is 12.1 Å². The molecule has 0 spiro atoms. The van der Waals surface area contributed by atoms with Crippen LogP contribution in [0.3, 0.4) is 0 Å². The second-order valence-corrected chi connectivity index (χ2v) is 8.35. The molecule has 0 bridgehead atoms. The van der Waals surface area contributed by atoms with Crippen molar-refractivity contribution in [1.29, 1.82) is 0 Å². The third-order valence-corrected chi connectivity index (χ3v) is 6.30. The van der Waals surface area contributed by atoms with E-state index in [4.69, 9.17) is 9.26 Å². The van der Waals surface area contributed by atoms with Crippen molar-refractivity contribution in [2.75, 3.05) is 6.61 Å². The van der Waals surface area contributed by atoms with Crippen LogP contribution in [-0.2, 0) is 28.2 Å². The lowest BCUT2D eigenvalue weighted by molar-refractivity contribution is -0.0000446. The van der Waals surface area contributed by atoms with Crippen molar-refractivity contribution in [2.45, 2.75) is 43.2 Å². The molecule has 4 heterocycles. The van der Waals surface area contributed by atoms with Crippen LogP contribution in [0.2, 0.25) is 0 Å². The summed E-state index contributed by atoms with van der Waals surface area (Å²) in [5.74, 6) is 0. The van der Waals surface area contributed by atoms with Crippen molar-refractivity contribution >= 4 is 21.1 Å². The summed E-state index contributed by atoms with van der Waals surface area (Å²) >= 11 is 0. The number of nitrogens with zero attached hydrogens (tertiary/aromatic N) is 4. The maximum absolute atomic E-state index is 12.9. The summed E-state index contributed by atoms with van der Waals surface area (Å²) in [7, 11) is -1.82. The first-order valence-electron chi connectivity index (χ1n) is 8.82. The number of imidazole rings is 1. The van der Waals surface area contributed by atoms with Gasteiger partial charge in [0.1, 0.15) is 11.0 Å². The zero-order valence-electron chi connectivity index (χ0n) is 15.1. The van der Waals surface area contributed by atoms with Crippen molar-refractivity contribution in [1.82, 2.24) is 24.4 Å². The average molecular weight is 391 g/mol. The number of nitrogens with one attached hydrogen (secondary N) is 1. The fourth-order valence-electron chi connectivity index (χ4n) is 3.34. The zero-order valence-corrected chi connectivity index (χ0v) is 15.9. The van der Waals surface area contributed by atoms with E-state index in [-0.39, 0.29) is 17.0 Å². The lowest BCUT2D eigenvalue weighted by Gasteiger charge is -2.30. The quantitative estimate of drug-likeness (QED) is 0.704. The van der Waals surface area contributed by atoms with Crippen LogP contribution >= 0.6 is 0 Å². The van der Waals surface area contributed by atoms with Crippen LogP contribution in [0, 0.1) is 0 Å². The van der Waals surface area contributed by atoms with Gasteiger partial charge in [0.2, 0.25) is 10.0 Å². The van der Waals surface area contributed by atoms with Crippen molar-refractivity contribution in [3.05, 3.63) is 36.2 Å². The predicted octanol–water partition coefficient (Wildman–Crippen LogP) is 1.72. The van der Waals surface area contributed by atoms with Crippen molar-refractivity contribution in [3.8, 4) is 0 Å². The SMILES string of the molecule is CCc1noc2ncc(S(=O)(=O)N[C@@H]3CCO[C@@H](c4cncn4C)C3)cc12. The molecule has 1 N–H and O–H groups in total. The molecular weight excluding hydrogens is 370 g/mol. The largest absolute Gasteiger partial charge is 0.372 e. The summed E-state index contributed by atoms with van der Waals surface area (Å²) < 4.78 is 41.3. The van der Waals surface area contributed by atoms with Gasteiger partial charge in [-0.15, -0.1) is 0 Å². The predicted molar refractivity (Wildman–Crippen MR) is 96.4 cm³/mol. The number of hydrogen-bond donors (Lipinski definition) is 1. The van der Waals surface area contributed by atoms with Crippen LogP contribution in [0.5, 0.6) is 0 Å². The minimum atomic E-state index is -3.72. The molecule has 1 aliphatic heterocycles. The Kier molecular flexibility index (Phi) is 4.70. The third-order valence-electron chi connectivity index (χ3n) is 4.81. The lowest BCUT2D eigenvalue weighted by atomic mass is 10.0. The monoisotopic (exact) mass is 391 g/mol. The Morgan fingerprint density at radius 3 is 2.96 bits per heavy atom. The Morgan fingerprint density at radius 1 is 1.37 bits per heavy atom. The topological polar surface area (TPSA) is 112 Å². The van der Waals surface area contributed by atoms with Gasteiger partial charge in [-0.25, -0.2) is 23.1 Å². The number of ether oxygens (including phenoxy) is 1. The molecule has 0 unspecified atom stereocenters. The number of fused-ring (bicyclic) bond motifs is 1. The van der Waals surface area contributed by atoms with Gasteiger partial charge in [0.15, 0.2) is 0 Å². The van der Waals surface area contributed by atoms with E-state index >= 15 is 0 Å². The van der Waals surface area contributed by atoms with Crippen LogP contribution in [0.15, 0.2) is 34.2 Å². The van der Waals surface area contributed by atoms with E-state index < -0.39 is 10.0 Å². The molecule has 9 nitrogen and oxygen atoms in total. The van der Waals surface area contributed by atoms with Gasteiger partial charge in [-0.3, -0.25) is 0 Å². The molecule has 2 atom stereocenters. The van der Waals surface area contributed by atoms with Crippen LogP contribution in [0.25, 0.3) is 11.1 Å². The number of aryl methyl sites for hydroxylation is 2. The summed E-state index contributed by atoms with van der Waals surface area (Å²) in [5.41, 5.74) is 1.96. The highest BCUT2D eigenvalue weighted by Crippen LogP contribution is 2.29. The fourth-order valence-corrected chi connectivity index (χ4v) is 4.59. The minimum absolute atomic E-state index is 0.108. The number of hydrogen-bond acceptors (Lipinski definition) is 7. The molecule has 1 saturated heterocycles. The molecular formula is C17H21N5O4S. The summed E-state index contributed by atoms with van der Waals surface area (Å²) in [6, 6.07) is 1.34. The van der Waals surface area contributed by atoms with Gasteiger partial charge >= 0.3 is 0 Å². The number of aromatic nitrogens is 4. The number of pyridine rings is 1. The van der Waals surface area contributed by atoms with Crippen molar-refractivity contribution in [3.63, 3.8) is 0 Å². The first-order valence-corrected chi connectivity index (χ1v) is 10.3. The highest BCUT2D eigenvalue weighted by Gasteiger charge is 2.29. The Labute approximate surface area is 156 Å². The van der Waals surface area contributed by atoms with E-state index in [1.807, 2.05) is 18.5 Å². The Balaban J connectivity index is 1.55. The lowest BCUT2D eigenvalue weighted by Crippen LogP contribution is -2.40. The molecule has 0 saturated carbocycles. The Morgan fingerprint density at radius 2 is 2.22 bits per heavy atom. The first kappa shape index (κ1) is 18.1. The normalized spacial score (nSPS) is 21.0. The molecule has 1 fully saturated rings. The van der Waals surface area contributed by atoms with Crippen LogP contribution in [0.1, 0.15) is 37.3 Å². The molecule has 1 aliphatic rings.